The van der Waals surface area contributed by atoms with Gasteiger partial charge in [0.1, 0.15) is 0 Å². The van der Waals surface area contributed by atoms with Crippen LogP contribution in [0.25, 0.3) is 0 Å². The van der Waals surface area contributed by atoms with Crippen LogP contribution in [0.5, 0.6) is 0 Å². The SMILES string of the molecule is [Li].[Li].c1ccc2c(c1)=c1ccccc1=2. The summed E-state index contributed by atoms with van der Waals surface area (Å²) in [5.74, 6) is 0. The first kappa shape index (κ1) is 11.7. The van der Waals surface area contributed by atoms with E-state index in [2.05, 4.69) is 48.5 Å². The van der Waals surface area contributed by atoms with E-state index in [0.717, 1.165) is 0 Å². The summed E-state index contributed by atoms with van der Waals surface area (Å²) in [7, 11) is 0. The number of benzene rings is 2. The summed E-state index contributed by atoms with van der Waals surface area (Å²) in [5.41, 5.74) is 0. The first-order valence-electron chi connectivity index (χ1n) is 4.15. The zero-order chi connectivity index (χ0) is 7.97. The van der Waals surface area contributed by atoms with Gasteiger partial charge in [-0.15, -0.1) is 0 Å². The van der Waals surface area contributed by atoms with Crippen LogP contribution in [0.1, 0.15) is 0 Å². The molecule has 0 spiro atoms. The van der Waals surface area contributed by atoms with Crippen molar-refractivity contribution in [3.8, 4) is 0 Å². The molecule has 0 bridgehead atoms. The van der Waals surface area contributed by atoms with Gasteiger partial charge in [0, 0.05) is 37.7 Å². The first-order valence-corrected chi connectivity index (χ1v) is 4.15. The minimum absolute atomic E-state index is 0. The average molecular weight is 166 g/mol. The Morgan fingerprint density at radius 2 is 0.643 bits per heavy atom. The van der Waals surface area contributed by atoms with Crippen LogP contribution < -0.4 is 0 Å². The number of hydrogen-bond acceptors (Lipinski definition) is 0. The van der Waals surface area contributed by atoms with Gasteiger partial charge in [-0.05, 0) is 20.9 Å². The molecule has 0 atom stereocenters. The molecule has 0 saturated heterocycles. The smallest absolute Gasteiger partial charge is 0 e. The third-order valence-electron chi connectivity index (χ3n) is 2.43. The van der Waals surface area contributed by atoms with E-state index in [1.807, 2.05) is 0 Å². The van der Waals surface area contributed by atoms with Crippen molar-refractivity contribution in [2.75, 3.05) is 0 Å². The molecule has 2 radical (unpaired) electrons. The van der Waals surface area contributed by atoms with Crippen molar-refractivity contribution in [1.29, 1.82) is 0 Å². The van der Waals surface area contributed by atoms with Gasteiger partial charge in [-0.2, -0.15) is 0 Å². The number of fused-ring (bicyclic) bond motifs is 2. The van der Waals surface area contributed by atoms with Gasteiger partial charge >= 0.3 is 0 Å². The largest absolute Gasteiger partial charge is 0.0616 e. The topological polar surface area (TPSA) is 0 Å². The Bertz CT molecular complexity index is 483. The summed E-state index contributed by atoms with van der Waals surface area (Å²) in [6, 6.07) is 17.1. The molecule has 0 aromatic heterocycles. The summed E-state index contributed by atoms with van der Waals surface area (Å²) in [5, 5.41) is 5.59. The van der Waals surface area contributed by atoms with Crippen molar-refractivity contribution in [2.24, 2.45) is 0 Å². The molecule has 14 heavy (non-hydrogen) atoms. The maximum absolute atomic E-state index is 2.18. The van der Waals surface area contributed by atoms with E-state index in [0.29, 0.717) is 0 Å². The van der Waals surface area contributed by atoms with Crippen molar-refractivity contribution in [2.45, 2.75) is 0 Å². The summed E-state index contributed by atoms with van der Waals surface area (Å²) >= 11 is 0. The van der Waals surface area contributed by atoms with Crippen LogP contribution in [-0.4, -0.2) is 37.7 Å². The fourth-order valence-electron chi connectivity index (χ4n) is 1.84. The molecule has 3 rings (SSSR count). The van der Waals surface area contributed by atoms with E-state index in [9.17, 15) is 0 Å². The Morgan fingerprint density at radius 3 is 0.857 bits per heavy atom. The van der Waals surface area contributed by atoms with E-state index in [-0.39, 0.29) is 37.7 Å². The van der Waals surface area contributed by atoms with Gasteiger partial charge in [-0.3, -0.25) is 0 Å². The van der Waals surface area contributed by atoms with Crippen molar-refractivity contribution in [3.05, 3.63) is 69.4 Å². The predicted octanol–water partition coefficient (Wildman–Crippen LogP) is 1.81. The molecule has 0 aliphatic heterocycles. The average Bonchev–Trinajstić information content (AvgIpc) is 2.14. The van der Waals surface area contributed by atoms with Crippen LogP contribution >= 0.6 is 0 Å². The fraction of sp³-hybridized carbons (Fsp3) is 0. The Balaban J connectivity index is 0.000000490. The van der Waals surface area contributed by atoms with E-state index in [1.54, 1.807) is 0 Å². The zero-order valence-electron chi connectivity index (χ0n) is 8.62. The van der Waals surface area contributed by atoms with Gasteiger partial charge in [-0.1, -0.05) is 48.5 Å². The molecule has 0 amide bonds. The van der Waals surface area contributed by atoms with Crippen LogP contribution in [0.3, 0.4) is 0 Å². The molecular weight excluding hydrogens is 158 g/mol. The Kier molecular flexibility index (Phi) is 3.71. The molecule has 0 nitrogen and oxygen atoms in total. The van der Waals surface area contributed by atoms with Gasteiger partial charge in [-0.25, -0.2) is 0 Å². The van der Waals surface area contributed by atoms with Gasteiger partial charge in [0.15, 0.2) is 0 Å². The second-order valence-electron chi connectivity index (χ2n) is 3.09. The monoisotopic (exact) mass is 166 g/mol. The molecular formula is C12H8Li2. The maximum atomic E-state index is 2.18. The molecule has 0 fully saturated rings. The van der Waals surface area contributed by atoms with Crippen LogP contribution in [-0.2, 0) is 0 Å². The van der Waals surface area contributed by atoms with Crippen molar-refractivity contribution in [1.82, 2.24) is 0 Å². The normalized spacial score (nSPS) is 9.71. The number of hydrogen-bond donors (Lipinski definition) is 0. The van der Waals surface area contributed by atoms with Crippen molar-refractivity contribution < 1.29 is 0 Å². The van der Waals surface area contributed by atoms with Crippen LogP contribution in [0.15, 0.2) is 48.5 Å². The second kappa shape index (κ2) is 4.44. The minimum atomic E-state index is 0. The summed E-state index contributed by atoms with van der Waals surface area (Å²) in [6.07, 6.45) is 0. The minimum Gasteiger partial charge on any atom is -0.0616 e. The summed E-state index contributed by atoms with van der Waals surface area (Å²) in [4.78, 5) is 0. The molecule has 1 aliphatic carbocycles. The van der Waals surface area contributed by atoms with E-state index in [4.69, 9.17) is 0 Å². The molecule has 2 aromatic carbocycles. The molecule has 1 aliphatic rings. The third kappa shape index (κ3) is 1.50. The van der Waals surface area contributed by atoms with Crippen LogP contribution in [0.2, 0.25) is 0 Å². The van der Waals surface area contributed by atoms with Gasteiger partial charge in [0.05, 0.1) is 0 Å². The maximum Gasteiger partial charge on any atom is 0 e. The summed E-state index contributed by atoms with van der Waals surface area (Å²) < 4.78 is 0. The molecule has 58 valence electrons. The quantitative estimate of drug-likeness (QED) is 0.447. The molecule has 0 unspecified atom stereocenters. The standard InChI is InChI=1S/C12H8.2Li/c1-2-6-10-9(5-1)11-7-3-4-8-12(10)11;;/h1-8H;;. The van der Waals surface area contributed by atoms with Crippen molar-refractivity contribution in [3.63, 3.8) is 0 Å². The molecule has 0 saturated carbocycles. The molecule has 0 N–H and O–H groups in total. The Morgan fingerprint density at radius 1 is 0.429 bits per heavy atom. The van der Waals surface area contributed by atoms with Gasteiger partial charge in [0.2, 0.25) is 0 Å². The molecule has 2 aromatic rings. The van der Waals surface area contributed by atoms with Gasteiger partial charge in [0.25, 0.3) is 0 Å². The third-order valence-corrected chi connectivity index (χ3v) is 2.43. The predicted molar refractivity (Wildman–Crippen MR) is 59.7 cm³/mol. The van der Waals surface area contributed by atoms with Crippen molar-refractivity contribution >= 4 is 37.7 Å². The first-order chi connectivity index (χ1) is 5.97. The van der Waals surface area contributed by atoms with E-state index >= 15 is 0 Å². The fourth-order valence-corrected chi connectivity index (χ4v) is 1.84. The Labute approximate surface area is 107 Å². The van der Waals surface area contributed by atoms with Gasteiger partial charge < -0.3 is 0 Å². The summed E-state index contributed by atoms with van der Waals surface area (Å²) in [6.45, 7) is 0. The van der Waals surface area contributed by atoms with E-state index < -0.39 is 0 Å². The van der Waals surface area contributed by atoms with Crippen LogP contribution in [0, 0.1) is 20.9 Å². The zero-order valence-corrected chi connectivity index (χ0v) is 8.62. The van der Waals surface area contributed by atoms with E-state index in [1.165, 1.54) is 20.9 Å². The Hall–Kier alpha value is -0.365. The molecule has 2 heteroatoms. The second-order valence-corrected chi connectivity index (χ2v) is 3.09. The number of rotatable bonds is 0. The van der Waals surface area contributed by atoms with Crippen LogP contribution in [0.4, 0.5) is 0 Å². The molecule has 0 heterocycles.